The predicted molar refractivity (Wildman–Crippen MR) is 86.5 cm³/mol. The van der Waals surface area contributed by atoms with E-state index < -0.39 is 0 Å². The van der Waals surface area contributed by atoms with Crippen LogP contribution in [-0.4, -0.2) is 4.98 Å². The Labute approximate surface area is 128 Å². The van der Waals surface area contributed by atoms with E-state index in [1.54, 1.807) is 11.8 Å². The molecule has 0 aliphatic heterocycles. The second-order valence-electron chi connectivity index (χ2n) is 4.99. The third-order valence-corrected chi connectivity index (χ3v) is 4.29. The van der Waals surface area contributed by atoms with Gasteiger partial charge in [0.15, 0.2) is 0 Å². The Balaban J connectivity index is 2.11. The maximum absolute atomic E-state index is 9.22. The van der Waals surface area contributed by atoms with Gasteiger partial charge in [0.05, 0.1) is 11.6 Å². The lowest BCUT2D eigenvalue weighted by molar-refractivity contribution is 1.05. The molecule has 0 N–H and O–H groups in total. The van der Waals surface area contributed by atoms with E-state index in [0.29, 0.717) is 5.56 Å². The molecule has 2 nitrogen and oxygen atoms in total. The zero-order valence-corrected chi connectivity index (χ0v) is 12.7. The first kappa shape index (κ1) is 13.7. The molecule has 0 amide bonds. The Morgan fingerprint density at radius 3 is 2.48 bits per heavy atom. The first-order valence-corrected chi connectivity index (χ1v) is 7.54. The summed E-state index contributed by atoms with van der Waals surface area (Å²) in [6, 6.07) is 18.3. The van der Waals surface area contributed by atoms with Gasteiger partial charge in [0.2, 0.25) is 0 Å². The minimum absolute atomic E-state index is 0.711. The Bertz CT molecular complexity index is 842. The molecule has 3 rings (SSSR count). The van der Waals surface area contributed by atoms with Gasteiger partial charge in [0.1, 0.15) is 5.03 Å². The van der Waals surface area contributed by atoms with Gasteiger partial charge in [0.25, 0.3) is 0 Å². The van der Waals surface area contributed by atoms with E-state index in [1.807, 2.05) is 37.3 Å². The van der Waals surface area contributed by atoms with Crippen LogP contribution >= 0.6 is 11.8 Å². The predicted octanol–water partition coefficient (Wildman–Crippen LogP) is 4.87. The second kappa shape index (κ2) is 5.59. The smallest absolute Gasteiger partial charge is 0.101 e. The number of hydrogen-bond donors (Lipinski definition) is 0. The number of aryl methyl sites for hydroxylation is 2. The zero-order chi connectivity index (χ0) is 14.8. The average Bonchev–Trinajstić information content (AvgIpc) is 2.46. The topological polar surface area (TPSA) is 36.7 Å². The molecular formula is C18H14N2S. The van der Waals surface area contributed by atoms with E-state index in [2.05, 4.69) is 36.2 Å². The third-order valence-electron chi connectivity index (χ3n) is 3.29. The van der Waals surface area contributed by atoms with E-state index in [4.69, 9.17) is 0 Å². The number of benzene rings is 2. The van der Waals surface area contributed by atoms with Crippen molar-refractivity contribution >= 4 is 22.5 Å². The van der Waals surface area contributed by atoms with Gasteiger partial charge in [-0.3, -0.25) is 0 Å². The molecule has 0 bridgehead atoms. The van der Waals surface area contributed by atoms with Crippen molar-refractivity contribution in [3.05, 3.63) is 65.4 Å². The molecule has 0 radical (unpaired) electrons. The quantitative estimate of drug-likeness (QED) is 0.675. The van der Waals surface area contributed by atoms with Gasteiger partial charge in [-0.05, 0) is 49.1 Å². The number of pyridine rings is 1. The van der Waals surface area contributed by atoms with E-state index in [1.165, 1.54) is 5.56 Å². The second-order valence-corrected chi connectivity index (χ2v) is 6.06. The van der Waals surface area contributed by atoms with Crippen molar-refractivity contribution in [1.82, 2.24) is 4.98 Å². The van der Waals surface area contributed by atoms with Gasteiger partial charge < -0.3 is 0 Å². The van der Waals surface area contributed by atoms with Crippen molar-refractivity contribution in [3.63, 3.8) is 0 Å². The van der Waals surface area contributed by atoms with Crippen LogP contribution < -0.4 is 0 Å². The van der Waals surface area contributed by atoms with Crippen molar-refractivity contribution < 1.29 is 0 Å². The fraction of sp³-hybridized carbons (Fsp3) is 0.111. The summed E-state index contributed by atoms with van der Waals surface area (Å²) >= 11 is 1.64. The highest BCUT2D eigenvalue weighted by molar-refractivity contribution is 7.99. The third kappa shape index (κ3) is 2.76. The lowest BCUT2D eigenvalue weighted by Crippen LogP contribution is -1.88. The summed E-state index contributed by atoms with van der Waals surface area (Å²) in [5.74, 6) is 0. The van der Waals surface area contributed by atoms with E-state index in [9.17, 15) is 5.26 Å². The summed E-state index contributed by atoms with van der Waals surface area (Å²) in [7, 11) is 0. The van der Waals surface area contributed by atoms with Crippen LogP contribution in [0.4, 0.5) is 0 Å². The minimum Gasteiger partial charge on any atom is -0.246 e. The highest BCUT2D eigenvalue weighted by Crippen LogP contribution is 2.34. The molecule has 2 aromatic carbocycles. The minimum atomic E-state index is 0.711. The first-order chi connectivity index (χ1) is 10.2. The molecule has 102 valence electrons. The summed E-state index contributed by atoms with van der Waals surface area (Å²) in [5, 5.41) is 12.3. The molecule has 0 fully saturated rings. The molecule has 0 unspecified atom stereocenters. The van der Waals surface area contributed by atoms with Crippen molar-refractivity contribution in [2.45, 2.75) is 23.8 Å². The molecule has 3 aromatic rings. The Morgan fingerprint density at radius 2 is 1.76 bits per heavy atom. The normalized spacial score (nSPS) is 10.5. The Hall–Kier alpha value is -2.31. The molecule has 3 heteroatoms. The lowest BCUT2D eigenvalue weighted by Gasteiger charge is -2.08. The summed E-state index contributed by atoms with van der Waals surface area (Å²) in [6.45, 7) is 4.09. The van der Waals surface area contributed by atoms with Gasteiger partial charge in [-0.2, -0.15) is 5.26 Å². The molecule has 0 aliphatic carbocycles. The Kier molecular flexibility index (Phi) is 3.64. The molecule has 0 atom stereocenters. The maximum Gasteiger partial charge on any atom is 0.101 e. The van der Waals surface area contributed by atoms with Crippen LogP contribution in [0.2, 0.25) is 0 Å². The largest absolute Gasteiger partial charge is 0.246 e. The van der Waals surface area contributed by atoms with Crippen LogP contribution in [0.3, 0.4) is 0 Å². The fourth-order valence-corrected chi connectivity index (χ4v) is 3.51. The summed E-state index contributed by atoms with van der Waals surface area (Å²) in [6.07, 6.45) is 0. The highest BCUT2D eigenvalue weighted by Gasteiger charge is 2.08. The molecule has 0 aliphatic rings. The van der Waals surface area contributed by atoms with Crippen LogP contribution in [0, 0.1) is 25.2 Å². The molecule has 21 heavy (non-hydrogen) atoms. The fourth-order valence-electron chi connectivity index (χ4n) is 2.43. The lowest BCUT2D eigenvalue weighted by atomic mass is 10.1. The Morgan fingerprint density at radius 1 is 1.00 bits per heavy atom. The van der Waals surface area contributed by atoms with Crippen LogP contribution in [0.15, 0.2) is 58.5 Å². The molecule has 1 aromatic heterocycles. The zero-order valence-electron chi connectivity index (χ0n) is 11.9. The van der Waals surface area contributed by atoms with Gasteiger partial charge >= 0.3 is 0 Å². The monoisotopic (exact) mass is 290 g/mol. The SMILES string of the molecule is Cc1cc(C)nc(Sc2ccc(C#N)c3ccccc23)c1. The molecule has 0 saturated heterocycles. The number of hydrogen-bond acceptors (Lipinski definition) is 3. The van der Waals surface area contributed by atoms with Crippen molar-refractivity contribution in [1.29, 1.82) is 5.26 Å². The van der Waals surface area contributed by atoms with Crippen LogP contribution in [0.25, 0.3) is 10.8 Å². The van der Waals surface area contributed by atoms with Gasteiger partial charge in [-0.25, -0.2) is 4.98 Å². The van der Waals surface area contributed by atoms with Gasteiger partial charge in [0, 0.05) is 16.0 Å². The number of aromatic nitrogens is 1. The number of rotatable bonds is 2. The number of fused-ring (bicyclic) bond motifs is 1. The number of nitrogens with zero attached hydrogens (tertiary/aromatic N) is 2. The van der Waals surface area contributed by atoms with E-state index in [-0.39, 0.29) is 0 Å². The van der Waals surface area contributed by atoms with Gasteiger partial charge in [-0.15, -0.1) is 0 Å². The van der Waals surface area contributed by atoms with Crippen molar-refractivity contribution in [2.75, 3.05) is 0 Å². The number of nitriles is 1. The van der Waals surface area contributed by atoms with E-state index in [0.717, 1.165) is 26.4 Å². The van der Waals surface area contributed by atoms with Crippen LogP contribution in [0.5, 0.6) is 0 Å². The summed E-state index contributed by atoms with van der Waals surface area (Å²) < 4.78 is 0. The molecule has 0 saturated carbocycles. The molecule has 0 spiro atoms. The van der Waals surface area contributed by atoms with E-state index >= 15 is 0 Å². The average molecular weight is 290 g/mol. The van der Waals surface area contributed by atoms with Gasteiger partial charge in [-0.1, -0.05) is 36.0 Å². The summed E-state index contributed by atoms with van der Waals surface area (Å²) in [4.78, 5) is 5.70. The van der Waals surface area contributed by atoms with Crippen molar-refractivity contribution in [2.24, 2.45) is 0 Å². The summed E-state index contributed by atoms with van der Waals surface area (Å²) in [5.41, 5.74) is 2.95. The van der Waals surface area contributed by atoms with Crippen LogP contribution in [0.1, 0.15) is 16.8 Å². The maximum atomic E-state index is 9.22. The van der Waals surface area contributed by atoms with Crippen LogP contribution in [-0.2, 0) is 0 Å². The highest BCUT2D eigenvalue weighted by atomic mass is 32.2. The first-order valence-electron chi connectivity index (χ1n) is 6.72. The standard InChI is InChI=1S/C18H14N2S/c1-12-9-13(2)20-18(10-12)21-17-8-7-14(11-19)15-5-3-4-6-16(15)17/h3-10H,1-2H3. The van der Waals surface area contributed by atoms with Crippen molar-refractivity contribution in [3.8, 4) is 6.07 Å². The molecule has 1 heterocycles. The molecular weight excluding hydrogens is 276 g/mol.